The number of halogens is 1. The fourth-order valence-corrected chi connectivity index (χ4v) is 3.29. The summed E-state index contributed by atoms with van der Waals surface area (Å²) in [5.74, 6) is 0.0166. The number of piperidine rings is 1. The van der Waals surface area contributed by atoms with E-state index >= 15 is 0 Å². The molecular formula is C14H23ClN2O2S. The molecule has 20 heavy (non-hydrogen) atoms. The zero-order valence-electron chi connectivity index (χ0n) is 12.0. The zero-order valence-corrected chi connectivity index (χ0v) is 13.7. The Morgan fingerprint density at radius 3 is 2.60 bits per heavy atom. The number of amides is 1. The average molecular weight is 319 g/mol. The molecule has 1 aromatic heterocycles. The minimum atomic E-state index is -0.643. The van der Waals surface area contributed by atoms with Crippen LogP contribution in [0.1, 0.15) is 29.5 Å². The number of ether oxygens (including phenoxy) is 1. The van der Waals surface area contributed by atoms with Gasteiger partial charge in [0.25, 0.3) is 5.91 Å². The molecule has 1 aliphatic heterocycles. The molecule has 6 heteroatoms. The second kappa shape index (κ2) is 7.98. The van der Waals surface area contributed by atoms with Gasteiger partial charge in [-0.15, -0.1) is 23.7 Å². The second-order valence-electron chi connectivity index (χ2n) is 4.85. The topological polar surface area (TPSA) is 50.4 Å². The van der Waals surface area contributed by atoms with E-state index in [-0.39, 0.29) is 18.3 Å². The van der Waals surface area contributed by atoms with Crippen LogP contribution in [0, 0.1) is 0 Å². The van der Waals surface area contributed by atoms with Gasteiger partial charge in [0, 0.05) is 16.9 Å². The van der Waals surface area contributed by atoms with E-state index in [1.54, 1.807) is 18.4 Å². The Hall–Kier alpha value is -0.620. The van der Waals surface area contributed by atoms with E-state index in [2.05, 4.69) is 29.7 Å². The molecule has 0 aliphatic carbocycles. The molecule has 1 fully saturated rings. The molecule has 1 aromatic rings. The van der Waals surface area contributed by atoms with Crippen LogP contribution in [0.2, 0.25) is 0 Å². The molecule has 1 amide bonds. The Morgan fingerprint density at radius 2 is 2.05 bits per heavy atom. The van der Waals surface area contributed by atoms with Crippen LogP contribution in [-0.4, -0.2) is 31.7 Å². The largest absolute Gasteiger partial charge is 0.368 e. The Morgan fingerprint density at radius 1 is 1.40 bits per heavy atom. The highest BCUT2D eigenvalue weighted by atomic mass is 35.5. The van der Waals surface area contributed by atoms with Crippen molar-refractivity contribution in [3.8, 4) is 0 Å². The molecule has 4 nitrogen and oxygen atoms in total. The van der Waals surface area contributed by atoms with Crippen molar-refractivity contribution >= 4 is 29.7 Å². The van der Waals surface area contributed by atoms with Crippen LogP contribution in [0.25, 0.3) is 0 Å². The first kappa shape index (κ1) is 17.4. The van der Waals surface area contributed by atoms with Gasteiger partial charge in [-0.1, -0.05) is 6.92 Å². The van der Waals surface area contributed by atoms with Gasteiger partial charge in [0.1, 0.15) is 5.60 Å². The van der Waals surface area contributed by atoms with Crippen molar-refractivity contribution in [3.63, 3.8) is 0 Å². The van der Waals surface area contributed by atoms with E-state index in [0.29, 0.717) is 6.54 Å². The quantitative estimate of drug-likeness (QED) is 0.874. The van der Waals surface area contributed by atoms with E-state index in [1.807, 2.05) is 0 Å². The molecule has 0 atom stereocenters. The highest BCUT2D eigenvalue weighted by molar-refractivity contribution is 7.11. The van der Waals surface area contributed by atoms with Gasteiger partial charge in [0.15, 0.2) is 0 Å². The summed E-state index contributed by atoms with van der Waals surface area (Å²) >= 11 is 1.76. The van der Waals surface area contributed by atoms with Crippen LogP contribution in [0.5, 0.6) is 0 Å². The smallest absolute Gasteiger partial charge is 0.252 e. The summed E-state index contributed by atoms with van der Waals surface area (Å²) < 4.78 is 5.51. The number of hydrogen-bond acceptors (Lipinski definition) is 4. The Balaban J connectivity index is 0.00000200. The lowest BCUT2D eigenvalue weighted by atomic mass is 9.91. The summed E-state index contributed by atoms with van der Waals surface area (Å²) in [4.78, 5) is 14.9. The highest BCUT2D eigenvalue weighted by Crippen LogP contribution is 2.23. The van der Waals surface area contributed by atoms with Crippen molar-refractivity contribution < 1.29 is 9.53 Å². The number of methoxy groups -OCH3 is 1. The van der Waals surface area contributed by atoms with E-state index in [0.717, 1.165) is 32.4 Å². The maximum atomic E-state index is 12.3. The molecule has 0 bridgehead atoms. The van der Waals surface area contributed by atoms with Gasteiger partial charge < -0.3 is 15.4 Å². The van der Waals surface area contributed by atoms with Crippen molar-refractivity contribution in [2.45, 2.75) is 38.3 Å². The Kier molecular flexibility index (Phi) is 6.95. The van der Waals surface area contributed by atoms with Crippen molar-refractivity contribution in [1.29, 1.82) is 0 Å². The lowest BCUT2D eigenvalue weighted by Gasteiger charge is -2.34. The maximum absolute atomic E-state index is 12.3. The van der Waals surface area contributed by atoms with Gasteiger partial charge in [-0.2, -0.15) is 0 Å². The van der Waals surface area contributed by atoms with E-state index < -0.39 is 5.60 Å². The maximum Gasteiger partial charge on any atom is 0.252 e. The van der Waals surface area contributed by atoms with Gasteiger partial charge in [-0.05, 0) is 44.5 Å². The third-order valence-corrected chi connectivity index (χ3v) is 4.93. The molecule has 0 saturated carbocycles. The molecule has 0 radical (unpaired) electrons. The molecule has 0 unspecified atom stereocenters. The van der Waals surface area contributed by atoms with E-state index in [9.17, 15) is 4.79 Å². The number of carbonyl (C=O) groups excluding carboxylic acids is 1. The number of hydrogen-bond donors (Lipinski definition) is 2. The third-order valence-electron chi connectivity index (χ3n) is 3.70. The van der Waals surface area contributed by atoms with Gasteiger partial charge in [-0.25, -0.2) is 0 Å². The predicted octanol–water partition coefficient (Wildman–Crippen LogP) is 2.12. The molecule has 1 aliphatic rings. The molecule has 2 N–H and O–H groups in total. The standard InChI is InChI=1S/C14H22N2O2S.ClH/c1-3-11-4-5-12(19-11)10-16-13(17)14(18-2)6-8-15-9-7-14;/h4-5,15H,3,6-10H2,1-2H3,(H,16,17);1H. The van der Waals surface area contributed by atoms with Crippen molar-refractivity contribution in [2.24, 2.45) is 0 Å². The fraction of sp³-hybridized carbons (Fsp3) is 0.643. The minimum Gasteiger partial charge on any atom is -0.368 e. The second-order valence-corrected chi connectivity index (χ2v) is 6.11. The lowest BCUT2D eigenvalue weighted by Crippen LogP contribution is -2.53. The summed E-state index contributed by atoms with van der Waals surface area (Å²) in [6, 6.07) is 4.22. The normalized spacial score (nSPS) is 17.3. The van der Waals surface area contributed by atoms with Crippen LogP contribution >= 0.6 is 23.7 Å². The number of rotatable bonds is 5. The summed E-state index contributed by atoms with van der Waals surface area (Å²) in [5.41, 5.74) is -0.643. The number of nitrogens with one attached hydrogen (secondary N) is 2. The van der Waals surface area contributed by atoms with Crippen LogP contribution in [0.15, 0.2) is 12.1 Å². The SMILES string of the molecule is CCc1ccc(CNC(=O)C2(OC)CCNCC2)s1.Cl. The lowest BCUT2D eigenvalue weighted by molar-refractivity contribution is -0.146. The van der Waals surface area contributed by atoms with E-state index in [4.69, 9.17) is 4.74 Å². The molecular weight excluding hydrogens is 296 g/mol. The van der Waals surface area contributed by atoms with E-state index in [1.165, 1.54) is 9.75 Å². The number of aryl methyl sites for hydroxylation is 1. The highest BCUT2D eigenvalue weighted by Gasteiger charge is 2.39. The summed E-state index contributed by atoms with van der Waals surface area (Å²) in [6.07, 6.45) is 2.52. The van der Waals surface area contributed by atoms with Gasteiger partial charge in [0.2, 0.25) is 0 Å². The first-order chi connectivity index (χ1) is 9.20. The van der Waals surface area contributed by atoms with Crippen molar-refractivity contribution in [1.82, 2.24) is 10.6 Å². The molecule has 2 rings (SSSR count). The van der Waals surface area contributed by atoms with Crippen LogP contribution < -0.4 is 10.6 Å². The Labute approximate surface area is 130 Å². The van der Waals surface area contributed by atoms with Crippen LogP contribution in [-0.2, 0) is 22.5 Å². The zero-order chi connectivity index (χ0) is 13.7. The Bertz CT molecular complexity index is 431. The minimum absolute atomic E-state index is 0. The third kappa shape index (κ3) is 3.95. The van der Waals surface area contributed by atoms with Crippen molar-refractivity contribution in [2.75, 3.05) is 20.2 Å². The predicted molar refractivity (Wildman–Crippen MR) is 84.6 cm³/mol. The summed E-state index contributed by atoms with van der Waals surface area (Å²) in [6.45, 7) is 4.41. The van der Waals surface area contributed by atoms with Gasteiger partial charge in [-0.3, -0.25) is 4.79 Å². The summed E-state index contributed by atoms with van der Waals surface area (Å²) in [7, 11) is 1.63. The molecule has 2 heterocycles. The molecule has 0 spiro atoms. The van der Waals surface area contributed by atoms with Gasteiger partial charge in [0.05, 0.1) is 6.54 Å². The van der Waals surface area contributed by atoms with Crippen LogP contribution in [0.4, 0.5) is 0 Å². The average Bonchev–Trinajstić information content (AvgIpc) is 2.93. The van der Waals surface area contributed by atoms with Crippen LogP contribution in [0.3, 0.4) is 0 Å². The van der Waals surface area contributed by atoms with Crippen molar-refractivity contribution in [3.05, 3.63) is 21.9 Å². The first-order valence-corrected chi connectivity index (χ1v) is 7.63. The molecule has 0 aromatic carbocycles. The molecule has 114 valence electrons. The summed E-state index contributed by atoms with van der Waals surface area (Å²) in [5, 5.41) is 6.27. The monoisotopic (exact) mass is 318 g/mol. The fourth-order valence-electron chi connectivity index (χ4n) is 2.39. The number of carbonyl (C=O) groups is 1. The van der Waals surface area contributed by atoms with Gasteiger partial charge >= 0.3 is 0 Å². The number of thiophene rings is 1. The first-order valence-electron chi connectivity index (χ1n) is 6.82. The molecule has 1 saturated heterocycles.